The third-order valence-corrected chi connectivity index (χ3v) is 6.15. The van der Waals surface area contributed by atoms with Crippen molar-refractivity contribution in [2.24, 2.45) is 5.92 Å². The zero-order chi connectivity index (χ0) is 19.1. The predicted molar refractivity (Wildman–Crippen MR) is 106 cm³/mol. The SMILES string of the molecule is O=C(N[C@H](c1cnc2ccccc2c1)C1CC(O)C1)c1n[nH]c2c1CCCC2. The van der Waals surface area contributed by atoms with Gasteiger partial charge >= 0.3 is 0 Å². The molecule has 0 bridgehead atoms. The molecule has 6 nitrogen and oxygen atoms in total. The molecule has 1 amide bonds. The number of fused-ring (bicyclic) bond motifs is 2. The van der Waals surface area contributed by atoms with Crippen molar-refractivity contribution in [2.45, 2.75) is 50.7 Å². The highest BCUT2D eigenvalue weighted by Gasteiger charge is 2.36. The number of H-pyrrole nitrogens is 1. The molecule has 1 atom stereocenters. The summed E-state index contributed by atoms with van der Waals surface area (Å²) in [5.41, 5.74) is 4.60. The predicted octanol–water partition coefficient (Wildman–Crippen LogP) is 3.08. The number of nitrogens with one attached hydrogen (secondary N) is 2. The highest BCUT2D eigenvalue weighted by Crippen LogP contribution is 2.38. The van der Waals surface area contributed by atoms with Gasteiger partial charge in [0.05, 0.1) is 17.7 Å². The molecule has 0 aliphatic heterocycles. The van der Waals surface area contributed by atoms with Crippen LogP contribution in [-0.4, -0.2) is 32.3 Å². The Kier molecular flexibility index (Phi) is 4.36. The smallest absolute Gasteiger partial charge is 0.272 e. The maximum atomic E-state index is 13.1. The minimum Gasteiger partial charge on any atom is -0.393 e. The lowest BCUT2D eigenvalue weighted by atomic mass is 9.75. The van der Waals surface area contributed by atoms with Gasteiger partial charge in [0, 0.05) is 22.8 Å². The first-order valence-electron chi connectivity index (χ1n) is 10.1. The van der Waals surface area contributed by atoms with Crippen LogP contribution in [0.5, 0.6) is 0 Å². The van der Waals surface area contributed by atoms with E-state index in [-0.39, 0.29) is 24.0 Å². The first kappa shape index (κ1) is 17.4. The number of benzene rings is 1. The number of aromatic nitrogens is 3. The fourth-order valence-corrected chi connectivity index (χ4v) is 4.51. The fraction of sp³-hybridized carbons (Fsp3) is 0.409. The summed E-state index contributed by atoms with van der Waals surface area (Å²) in [4.78, 5) is 17.6. The number of amides is 1. The summed E-state index contributed by atoms with van der Waals surface area (Å²) in [5.74, 6) is 0.0654. The molecule has 28 heavy (non-hydrogen) atoms. The van der Waals surface area contributed by atoms with Crippen LogP contribution in [0.1, 0.15) is 59.0 Å². The molecule has 1 fully saturated rings. The normalized spacial score (nSPS) is 22.3. The number of para-hydroxylation sites is 1. The molecule has 1 aromatic carbocycles. The van der Waals surface area contributed by atoms with E-state index in [9.17, 15) is 9.90 Å². The van der Waals surface area contributed by atoms with Gasteiger partial charge in [-0.05, 0) is 62.1 Å². The Balaban J connectivity index is 1.45. The van der Waals surface area contributed by atoms with Gasteiger partial charge in [-0.1, -0.05) is 18.2 Å². The van der Waals surface area contributed by atoms with E-state index in [1.165, 1.54) is 0 Å². The molecule has 2 aliphatic carbocycles. The zero-order valence-electron chi connectivity index (χ0n) is 15.7. The van der Waals surface area contributed by atoms with Crippen molar-refractivity contribution in [3.63, 3.8) is 0 Å². The van der Waals surface area contributed by atoms with Crippen molar-refractivity contribution in [2.75, 3.05) is 0 Å². The molecule has 6 heteroatoms. The maximum absolute atomic E-state index is 13.1. The minimum atomic E-state index is -0.282. The molecular formula is C22H24N4O2. The van der Waals surface area contributed by atoms with Crippen LogP contribution < -0.4 is 5.32 Å². The summed E-state index contributed by atoms with van der Waals surface area (Å²) in [7, 11) is 0. The number of hydrogen-bond acceptors (Lipinski definition) is 4. The molecular weight excluding hydrogens is 352 g/mol. The molecule has 3 aromatic rings. The molecule has 0 unspecified atom stereocenters. The number of pyridine rings is 1. The van der Waals surface area contributed by atoms with Gasteiger partial charge in [0.1, 0.15) is 0 Å². The lowest BCUT2D eigenvalue weighted by molar-refractivity contribution is 0.0234. The first-order chi connectivity index (χ1) is 13.7. The van der Waals surface area contributed by atoms with Crippen molar-refractivity contribution in [3.05, 3.63) is 59.0 Å². The number of rotatable bonds is 4. The molecule has 0 radical (unpaired) electrons. The van der Waals surface area contributed by atoms with Crippen molar-refractivity contribution >= 4 is 16.8 Å². The van der Waals surface area contributed by atoms with Crippen LogP contribution in [0.4, 0.5) is 0 Å². The Hall–Kier alpha value is -2.73. The van der Waals surface area contributed by atoms with E-state index in [0.29, 0.717) is 18.5 Å². The Morgan fingerprint density at radius 2 is 2.04 bits per heavy atom. The molecule has 1 saturated carbocycles. The van der Waals surface area contributed by atoms with Gasteiger partial charge < -0.3 is 10.4 Å². The topological polar surface area (TPSA) is 90.9 Å². The number of aromatic amines is 1. The summed E-state index contributed by atoms with van der Waals surface area (Å²) in [5, 5.41) is 21.4. The van der Waals surface area contributed by atoms with Crippen LogP contribution in [0.25, 0.3) is 10.9 Å². The summed E-state index contributed by atoms with van der Waals surface area (Å²) >= 11 is 0. The first-order valence-corrected chi connectivity index (χ1v) is 10.1. The molecule has 2 aromatic heterocycles. The van der Waals surface area contributed by atoms with Gasteiger partial charge in [-0.15, -0.1) is 0 Å². The third kappa shape index (κ3) is 3.07. The average molecular weight is 376 g/mol. The van der Waals surface area contributed by atoms with Crippen LogP contribution in [0.15, 0.2) is 36.5 Å². The second kappa shape index (κ2) is 7.02. The van der Waals surface area contributed by atoms with Gasteiger partial charge in [0.15, 0.2) is 5.69 Å². The van der Waals surface area contributed by atoms with Crippen LogP contribution in [0.3, 0.4) is 0 Å². The number of aliphatic hydroxyl groups excluding tert-OH is 1. The second-order valence-electron chi connectivity index (χ2n) is 8.03. The number of aliphatic hydroxyl groups is 1. The van der Waals surface area contributed by atoms with Crippen molar-refractivity contribution in [1.29, 1.82) is 0 Å². The highest BCUT2D eigenvalue weighted by molar-refractivity contribution is 5.94. The van der Waals surface area contributed by atoms with Gasteiger partial charge in [0.25, 0.3) is 5.91 Å². The molecule has 5 rings (SSSR count). The molecule has 2 heterocycles. The Morgan fingerprint density at radius 1 is 1.21 bits per heavy atom. The standard InChI is InChI=1S/C22H24N4O2/c27-16-10-14(11-16)20(15-9-13-5-1-3-7-18(13)23-12-15)24-22(28)21-17-6-2-4-8-19(17)25-26-21/h1,3,5,7,9,12,14,16,20,27H,2,4,6,8,10-11H2,(H,24,28)(H,25,26)/t14?,16?,20-/m0/s1. The average Bonchev–Trinajstić information content (AvgIpc) is 3.14. The molecule has 0 saturated heterocycles. The molecule has 0 spiro atoms. The van der Waals surface area contributed by atoms with Crippen molar-refractivity contribution in [3.8, 4) is 0 Å². The number of carbonyl (C=O) groups is 1. The van der Waals surface area contributed by atoms with Gasteiger partial charge in [-0.25, -0.2) is 0 Å². The van der Waals surface area contributed by atoms with E-state index in [1.807, 2.05) is 30.5 Å². The van der Waals surface area contributed by atoms with E-state index in [2.05, 4.69) is 26.6 Å². The number of nitrogens with zero attached hydrogens (tertiary/aromatic N) is 2. The largest absolute Gasteiger partial charge is 0.393 e. The number of aryl methyl sites for hydroxylation is 1. The van der Waals surface area contributed by atoms with E-state index in [4.69, 9.17) is 0 Å². The zero-order valence-corrected chi connectivity index (χ0v) is 15.7. The van der Waals surface area contributed by atoms with Crippen LogP contribution in [-0.2, 0) is 12.8 Å². The van der Waals surface area contributed by atoms with Crippen molar-refractivity contribution in [1.82, 2.24) is 20.5 Å². The Bertz CT molecular complexity index is 1020. The number of carbonyl (C=O) groups excluding carboxylic acids is 1. The molecule has 3 N–H and O–H groups in total. The van der Waals surface area contributed by atoms with Gasteiger partial charge in [0.2, 0.25) is 0 Å². The lowest BCUT2D eigenvalue weighted by Gasteiger charge is -2.38. The van der Waals surface area contributed by atoms with Gasteiger partial charge in [-0.2, -0.15) is 5.10 Å². The maximum Gasteiger partial charge on any atom is 0.272 e. The quantitative estimate of drug-likeness (QED) is 0.653. The summed E-state index contributed by atoms with van der Waals surface area (Å²) in [6.07, 6.45) is 7.05. The monoisotopic (exact) mass is 376 g/mol. The third-order valence-electron chi connectivity index (χ3n) is 6.15. The summed E-state index contributed by atoms with van der Waals surface area (Å²) in [6, 6.07) is 9.89. The fourth-order valence-electron chi connectivity index (χ4n) is 4.51. The van der Waals surface area contributed by atoms with E-state index in [1.54, 1.807) is 0 Å². The summed E-state index contributed by atoms with van der Waals surface area (Å²) < 4.78 is 0. The second-order valence-corrected chi connectivity index (χ2v) is 8.03. The molecule has 144 valence electrons. The van der Waals surface area contributed by atoms with Gasteiger partial charge in [-0.3, -0.25) is 14.9 Å². The van der Waals surface area contributed by atoms with Crippen LogP contribution in [0, 0.1) is 5.92 Å². The molecule has 2 aliphatic rings. The minimum absolute atomic E-state index is 0.140. The number of hydrogen-bond donors (Lipinski definition) is 3. The van der Waals surface area contributed by atoms with E-state index >= 15 is 0 Å². The summed E-state index contributed by atoms with van der Waals surface area (Å²) in [6.45, 7) is 0. The van der Waals surface area contributed by atoms with Crippen LogP contribution >= 0.6 is 0 Å². The van der Waals surface area contributed by atoms with E-state index < -0.39 is 0 Å². The van der Waals surface area contributed by atoms with Crippen molar-refractivity contribution < 1.29 is 9.90 Å². The van der Waals surface area contributed by atoms with Crippen LogP contribution in [0.2, 0.25) is 0 Å². The highest BCUT2D eigenvalue weighted by atomic mass is 16.3. The Morgan fingerprint density at radius 3 is 2.89 bits per heavy atom. The lowest BCUT2D eigenvalue weighted by Crippen LogP contribution is -2.41. The van der Waals surface area contributed by atoms with E-state index in [0.717, 1.165) is 53.4 Å². The Labute approximate surface area is 163 Å².